The molecule has 0 fully saturated rings. The van der Waals surface area contributed by atoms with E-state index in [4.69, 9.17) is 0 Å². The summed E-state index contributed by atoms with van der Waals surface area (Å²) in [6, 6.07) is 5.15. The molecule has 0 bridgehead atoms. The van der Waals surface area contributed by atoms with E-state index in [-0.39, 0.29) is 5.56 Å². The van der Waals surface area contributed by atoms with Crippen molar-refractivity contribution in [1.82, 2.24) is 24.7 Å². The molecule has 0 amide bonds. The maximum Gasteiger partial charge on any atom is 0.266 e. The molecule has 4 rings (SSSR count). The minimum atomic E-state index is -2.90. The van der Waals surface area contributed by atoms with Gasteiger partial charge in [-0.1, -0.05) is 18.2 Å². The Hall–Kier alpha value is -3.53. The van der Waals surface area contributed by atoms with Crippen molar-refractivity contribution in [2.45, 2.75) is 52.3 Å². The van der Waals surface area contributed by atoms with Crippen molar-refractivity contribution >= 4 is 16.9 Å². The molecule has 2 N–H and O–H groups in total. The standard InChI is InChI=1S/C24H25F3N6O/c1-13(17-6-5-7-18(20(17)25)21(26)27)30-23-19-8-15(9-28-22(19)31-14(2)32-23)16-10-29-33(11-16)12-24(3,4)34/h5-11,13,21,34H,12H2,1-4H3,(H,28,30,31,32). The van der Waals surface area contributed by atoms with Gasteiger partial charge in [0.1, 0.15) is 17.5 Å². The van der Waals surface area contributed by atoms with Crippen LogP contribution >= 0.6 is 0 Å². The number of halogens is 3. The van der Waals surface area contributed by atoms with Crippen molar-refractivity contribution in [3.63, 3.8) is 0 Å². The zero-order valence-corrected chi connectivity index (χ0v) is 19.2. The van der Waals surface area contributed by atoms with Crippen molar-refractivity contribution in [2.24, 2.45) is 0 Å². The van der Waals surface area contributed by atoms with Crippen molar-refractivity contribution in [3.8, 4) is 11.1 Å². The molecular weight excluding hydrogens is 445 g/mol. The third-order valence-corrected chi connectivity index (χ3v) is 5.29. The highest BCUT2D eigenvalue weighted by atomic mass is 19.3. The van der Waals surface area contributed by atoms with Crippen LogP contribution in [-0.4, -0.2) is 35.4 Å². The van der Waals surface area contributed by atoms with Crippen molar-refractivity contribution < 1.29 is 18.3 Å². The van der Waals surface area contributed by atoms with Crippen molar-refractivity contribution in [1.29, 1.82) is 0 Å². The molecule has 0 saturated heterocycles. The van der Waals surface area contributed by atoms with Gasteiger partial charge in [-0.3, -0.25) is 4.68 Å². The van der Waals surface area contributed by atoms with Crippen molar-refractivity contribution in [3.05, 3.63) is 65.6 Å². The van der Waals surface area contributed by atoms with Gasteiger partial charge in [-0.25, -0.2) is 28.1 Å². The maximum absolute atomic E-state index is 14.7. The Morgan fingerprint density at radius 1 is 1.12 bits per heavy atom. The first kappa shape index (κ1) is 23.6. The lowest BCUT2D eigenvalue weighted by Gasteiger charge is -2.18. The molecule has 0 aliphatic heterocycles. The lowest BCUT2D eigenvalue weighted by atomic mass is 10.0. The van der Waals surface area contributed by atoms with Crippen LogP contribution in [0.4, 0.5) is 19.0 Å². The third kappa shape index (κ3) is 5.01. The number of nitrogens with zero attached hydrogens (tertiary/aromatic N) is 5. The van der Waals surface area contributed by atoms with Gasteiger partial charge in [0.05, 0.1) is 35.3 Å². The minimum Gasteiger partial charge on any atom is -0.389 e. The number of pyridine rings is 1. The predicted octanol–water partition coefficient (Wildman–Crippen LogP) is 5.22. The van der Waals surface area contributed by atoms with Gasteiger partial charge < -0.3 is 10.4 Å². The Labute approximate surface area is 194 Å². The number of alkyl halides is 2. The van der Waals surface area contributed by atoms with Crippen LogP contribution in [0.2, 0.25) is 0 Å². The fraction of sp³-hybridized carbons (Fsp3) is 0.333. The average Bonchev–Trinajstić information content (AvgIpc) is 3.20. The van der Waals surface area contributed by atoms with Gasteiger partial charge in [-0.15, -0.1) is 0 Å². The van der Waals surface area contributed by atoms with Crippen LogP contribution in [0.5, 0.6) is 0 Å². The minimum absolute atomic E-state index is 0.110. The van der Waals surface area contributed by atoms with Gasteiger partial charge in [-0.2, -0.15) is 5.10 Å². The highest BCUT2D eigenvalue weighted by molar-refractivity contribution is 5.90. The SMILES string of the molecule is Cc1nc(NC(C)c2cccc(C(F)F)c2F)c2cc(-c3cnn(CC(C)(C)O)c3)cnc2n1. The highest BCUT2D eigenvalue weighted by Crippen LogP contribution is 2.31. The summed E-state index contributed by atoms with van der Waals surface area (Å²) in [5, 5.41) is 18.1. The molecule has 7 nitrogen and oxygen atoms in total. The Bertz CT molecular complexity index is 1330. The first-order valence-electron chi connectivity index (χ1n) is 10.7. The lowest BCUT2D eigenvalue weighted by Crippen LogP contribution is -2.26. The molecule has 0 aliphatic carbocycles. The molecule has 0 aliphatic rings. The molecule has 0 saturated carbocycles. The number of hydrogen-bond acceptors (Lipinski definition) is 6. The summed E-state index contributed by atoms with van der Waals surface area (Å²) >= 11 is 0. The van der Waals surface area contributed by atoms with Crippen LogP contribution in [0.1, 0.15) is 50.2 Å². The summed E-state index contributed by atoms with van der Waals surface area (Å²) in [5.74, 6) is -0.0667. The van der Waals surface area contributed by atoms with Gasteiger partial charge >= 0.3 is 0 Å². The monoisotopic (exact) mass is 470 g/mol. The molecule has 34 heavy (non-hydrogen) atoms. The largest absolute Gasteiger partial charge is 0.389 e. The number of aryl methyl sites for hydroxylation is 1. The smallest absolute Gasteiger partial charge is 0.266 e. The van der Waals surface area contributed by atoms with Crippen LogP contribution < -0.4 is 5.32 Å². The Kier molecular flexibility index (Phi) is 6.26. The molecule has 0 spiro atoms. The van der Waals surface area contributed by atoms with Crippen LogP contribution in [0, 0.1) is 12.7 Å². The number of anilines is 1. The molecule has 0 radical (unpaired) electrons. The first-order valence-corrected chi connectivity index (χ1v) is 10.7. The zero-order valence-electron chi connectivity index (χ0n) is 19.2. The highest BCUT2D eigenvalue weighted by Gasteiger charge is 2.21. The number of aliphatic hydroxyl groups is 1. The van der Waals surface area contributed by atoms with Gasteiger partial charge in [0, 0.05) is 29.1 Å². The van der Waals surface area contributed by atoms with Crippen LogP contribution in [0.3, 0.4) is 0 Å². The summed E-state index contributed by atoms with van der Waals surface area (Å²) in [5.41, 5.74) is 0.538. The van der Waals surface area contributed by atoms with E-state index in [0.29, 0.717) is 29.2 Å². The third-order valence-electron chi connectivity index (χ3n) is 5.29. The Morgan fingerprint density at radius 3 is 2.56 bits per heavy atom. The Balaban J connectivity index is 1.70. The molecule has 1 aromatic carbocycles. The lowest BCUT2D eigenvalue weighted by molar-refractivity contribution is 0.0577. The zero-order chi connectivity index (χ0) is 24.6. The molecule has 3 aromatic heterocycles. The summed E-state index contributed by atoms with van der Waals surface area (Å²) in [4.78, 5) is 13.3. The number of rotatable bonds is 7. The predicted molar refractivity (Wildman–Crippen MR) is 123 cm³/mol. The summed E-state index contributed by atoms with van der Waals surface area (Å²) in [6.45, 7) is 7.11. The number of hydrogen-bond donors (Lipinski definition) is 2. The molecule has 1 unspecified atom stereocenters. The maximum atomic E-state index is 14.7. The van der Waals surface area contributed by atoms with Gasteiger partial charge in [0.2, 0.25) is 0 Å². The number of benzene rings is 1. The molecular formula is C24H25F3N6O. The van der Waals surface area contributed by atoms with E-state index >= 15 is 0 Å². The van der Waals surface area contributed by atoms with Gasteiger partial charge in [-0.05, 0) is 33.8 Å². The summed E-state index contributed by atoms with van der Waals surface area (Å²) in [6.07, 6.45) is 2.24. The number of aromatic nitrogens is 5. The number of nitrogens with one attached hydrogen (secondary N) is 1. The quantitative estimate of drug-likeness (QED) is 0.385. The van der Waals surface area contributed by atoms with E-state index in [1.807, 2.05) is 6.07 Å². The van der Waals surface area contributed by atoms with E-state index in [1.165, 1.54) is 12.1 Å². The van der Waals surface area contributed by atoms with E-state index in [2.05, 4.69) is 25.4 Å². The molecule has 1 atom stereocenters. The first-order chi connectivity index (χ1) is 16.0. The fourth-order valence-corrected chi connectivity index (χ4v) is 3.74. The second kappa shape index (κ2) is 9.02. The normalized spacial score (nSPS) is 13.0. The molecule has 3 heterocycles. The van der Waals surface area contributed by atoms with Crippen LogP contribution in [0.25, 0.3) is 22.2 Å². The number of fused-ring (bicyclic) bond motifs is 1. The second-order valence-corrected chi connectivity index (χ2v) is 8.87. The van der Waals surface area contributed by atoms with Crippen LogP contribution in [0.15, 0.2) is 42.9 Å². The van der Waals surface area contributed by atoms with Crippen molar-refractivity contribution in [2.75, 3.05) is 5.32 Å². The van der Waals surface area contributed by atoms with E-state index < -0.39 is 29.4 Å². The molecule has 10 heteroatoms. The summed E-state index contributed by atoms with van der Waals surface area (Å²) < 4.78 is 42.6. The molecule has 178 valence electrons. The van der Waals surface area contributed by atoms with E-state index in [9.17, 15) is 18.3 Å². The average molecular weight is 470 g/mol. The van der Waals surface area contributed by atoms with Gasteiger partial charge in [0.25, 0.3) is 6.43 Å². The van der Waals surface area contributed by atoms with Gasteiger partial charge in [0.15, 0.2) is 5.65 Å². The molecule has 4 aromatic rings. The Morgan fingerprint density at radius 2 is 1.85 bits per heavy atom. The topological polar surface area (TPSA) is 88.8 Å². The van der Waals surface area contributed by atoms with Crippen LogP contribution in [-0.2, 0) is 6.54 Å². The summed E-state index contributed by atoms with van der Waals surface area (Å²) in [7, 11) is 0. The fourth-order valence-electron chi connectivity index (χ4n) is 3.74. The second-order valence-electron chi connectivity index (χ2n) is 8.87. The van der Waals surface area contributed by atoms with E-state index in [0.717, 1.165) is 17.2 Å². The van der Waals surface area contributed by atoms with E-state index in [1.54, 1.807) is 51.0 Å².